The second-order valence-corrected chi connectivity index (χ2v) is 8.75. The molecule has 0 bridgehead atoms. The van der Waals surface area contributed by atoms with Gasteiger partial charge in [0.25, 0.3) is 5.91 Å². The van der Waals surface area contributed by atoms with Crippen LogP contribution in [0.5, 0.6) is 0 Å². The molecule has 0 aliphatic heterocycles. The number of hydrogen-bond acceptors (Lipinski definition) is 5. The lowest BCUT2D eigenvalue weighted by Gasteiger charge is -2.13. The fourth-order valence-electron chi connectivity index (χ4n) is 3.83. The molecule has 0 saturated carbocycles. The predicted octanol–water partition coefficient (Wildman–Crippen LogP) is 5.03. The van der Waals surface area contributed by atoms with Crippen molar-refractivity contribution in [2.24, 2.45) is 0 Å². The molecule has 0 fully saturated rings. The lowest BCUT2D eigenvalue weighted by atomic mass is 9.98. The number of pyridine rings is 2. The zero-order chi connectivity index (χ0) is 24.8. The molecular weight excluding hydrogens is 434 g/mol. The third-order valence-electron chi connectivity index (χ3n) is 5.59. The van der Waals surface area contributed by atoms with Crippen LogP contribution < -0.4 is 11.1 Å². The Morgan fingerprint density at radius 2 is 1.74 bits per heavy atom. The van der Waals surface area contributed by atoms with Gasteiger partial charge >= 0.3 is 0 Å². The zero-order valence-electron chi connectivity index (χ0n) is 20.0. The monoisotopic (exact) mass is 463 g/mol. The molecule has 3 N–H and O–H groups in total. The Balaban J connectivity index is 1.47. The van der Waals surface area contributed by atoms with Crippen LogP contribution in [-0.2, 0) is 17.8 Å². The van der Waals surface area contributed by atoms with Gasteiger partial charge in [-0.2, -0.15) is 0 Å². The Hall–Kier alpha value is -4.29. The number of nitrogen functional groups attached to an aromatic ring is 1. The van der Waals surface area contributed by atoms with Crippen LogP contribution in [-0.4, -0.2) is 34.9 Å². The van der Waals surface area contributed by atoms with Gasteiger partial charge in [0.1, 0.15) is 0 Å². The van der Waals surface area contributed by atoms with Gasteiger partial charge in [0.15, 0.2) is 0 Å². The van der Waals surface area contributed by atoms with Gasteiger partial charge in [-0.05, 0) is 61.1 Å². The number of nitrogens with two attached hydrogens (primary N) is 1. The number of benzene rings is 2. The summed E-state index contributed by atoms with van der Waals surface area (Å²) in [5, 5.41) is 2.87. The molecule has 1 amide bonds. The van der Waals surface area contributed by atoms with Gasteiger partial charge in [-0.25, -0.2) is 0 Å². The van der Waals surface area contributed by atoms with Gasteiger partial charge in [0.05, 0.1) is 11.9 Å². The number of hydrogen-bond donors (Lipinski definition) is 2. The maximum absolute atomic E-state index is 13.0. The van der Waals surface area contributed by atoms with E-state index in [0.717, 1.165) is 35.3 Å². The average Bonchev–Trinajstić information content (AvgIpc) is 2.85. The van der Waals surface area contributed by atoms with Crippen LogP contribution in [0, 0.1) is 0 Å². The molecule has 0 atom stereocenters. The van der Waals surface area contributed by atoms with Crippen LogP contribution in [0.15, 0.2) is 91.9 Å². The van der Waals surface area contributed by atoms with Crippen molar-refractivity contribution in [1.82, 2.24) is 14.9 Å². The number of nitrogens with one attached hydrogen (secondary N) is 1. The zero-order valence-corrected chi connectivity index (χ0v) is 20.0. The molecule has 176 valence electrons. The fraction of sp³-hybridized carbons (Fsp3) is 0.138. The van der Waals surface area contributed by atoms with Crippen molar-refractivity contribution in [3.8, 4) is 11.1 Å². The quantitative estimate of drug-likeness (QED) is 0.283. The molecule has 4 rings (SSSR count). The van der Waals surface area contributed by atoms with E-state index in [9.17, 15) is 4.79 Å². The molecule has 0 aliphatic carbocycles. The van der Waals surface area contributed by atoms with Gasteiger partial charge < -0.3 is 16.0 Å². The summed E-state index contributed by atoms with van der Waals surface area (Å²) >= 11 is 0. The summed E-state index contributed by atoms with van der Waals surface area (Å²) in [5.41, 5.74) is 13.3. The van der Waals surface area contributed by atoms with Gasteiger partial charge in [-0.15, -0.1) is 0 Å². The minimum absolute atomic E-state index is 0.287. The second kappa shape index (κ2) is 10.8. The highest BCUT2D eigenvalue weighted by Gasteiger charge is 2.15. The number of carbonyl (C=O) groups is 1. The Bertz CT molecular complexity index is 1330. The summed E-state index contributed by atoms with van der Waals surface area (Å²) in [5.74, 6) is -0.328. The molecule has 2 heterocycles. The number of nitrogens with zero attached hydrogens (tertiary/aromatic N) is 3. The van der Waals surface area contributed by atoms with Gasteiger partial charge in [0.2, 0.25) is 0 Å². The van der Waals surface area contributed by atoms with Crippen molar-refractivity contribution in [3.05, 3.63) is 114 Å². The van der Waals surface area contributed by atoms with Gasteiger partial charge in [-0.1, -0.05) is 43.0 Å². The second-order valence-electron chi connectivity index (χ2n) is 8.75. The van der Waals surface area contributed by atoms with E-state index in [0.29, 0.717) is 16.9 Å². The maximum Gasteiger partial charge on any atom is 0.255 e. The first-order valence-corrected chi connectivity index (χ1v) is 11.4. The summed E-state index contributed by atoms with van der Waals surface area (Å²) < 4.78 is 0. The van der Waals surface area contributed by atoms with Crippen molar-refractivity contribution in [2.45, 2.75) is 13.0 Å². The van der Waals surface area contributed by atoms with E-state index in [1.54, 1.807) is 18.5 Å². The van der Waals surface area contributed by atoms with Gasteiger partial charge in [-0.3, -0.25) is 14.8 Å². The van der Waals surface area contributed by atoms with E-state index in [1.807, 2.05) is 62.8 Å². The lowest BCUT2D eigenvalue weighted by Crippen LogP contribution is -2.14. The molecule has 2 aromatic carbocycles. The molecule has 0 aliphatic rings. The first-order valence-electron chi connectivity index (χ1n) is 11.4. The van der Waals surface area contributed by atoms with Crippen LogP contribution in [0.4, 0.5) is 11.4 Å². The molecule has 0 radical (unpaired) electrons. The molecule has 2 aromatic heterocycles. The van der Waals surface area contributed by atoms with Crippen molar-refractivity contribution in [1.29, 1.82) is 0 Å². The summed E-state index contributed by atoms with van der Waals surface area (Å²) in [7, 11) is 4.03. The Labute approximate surface area is 206 Å². The Morgan fingerprint density at radius 3 is 2.46 bits per heavy atom. The molecule has 6 nitrogen and oxygen atoms in total. The average molecular weight is 464 g/mol. The van der Waals surface area contributed by atoms with E-state index in [-0.39, 0.29) is 11.5 Å². The third kappa shape index (κ3) is 6.19. The van der Waals surface area contributed by atoms with E-state index in [1.165, 1.54) is 5.56 Å². The third-order valence-corrected chi connectivity index (χ3v) is 5.59. The number of aromatic nitrogens is 2. The number of amides is 1. The van der Waals surface area contributed by atoms with Crippen LogP contribution in [0.25, 0.3) is 16.7 Å². The summed E-state index contributed by atoms with van der Waals surface area (Å²) in [6, 6.07) is 21.6. The summed E-state index contributed by atoms with van der Waals surface area (Å²) in [6.45, 7) is 4.80. The van der Waals surface area contributed by atoms with Crippen LogP contribution in [0.1, 0.15) is 22.4 Å². The summed E-state index contributed by atoms with van der Waals surface area (Å²) in [6.07, 6.45) is 6.05. The van der Waals surface area contributed by atoms with Crippen molar-refractivity contribution < 1.29 is 4.79 Å². The number of rotatable bonds is 8. The molecular formula is C29H29N5O. The molecule has 0 unspecified atom stereocenters. The predicted molar refractivity (Wildman–Crippen MR) is 143 cm³/mol. The first kappa shape index (κ1) is 23.9. The fourth-order valence-corrected chi connectivity index (χ4v) is 3.83. The highest BCUT2D eigenvalue weighted by molar-refractivity contribution is 6.25. The van der Waals surface area contributed by atoms with E-state index in [2.05, 4.69) is 45.0 Å². The maximum atomic E-state index is 13.0. The Morgan fingerprint density at radius 1 is 0.943 bits per heavy atom. The highest BCUT2D eigenvalue weighted by atomic mass is 16.1. The minimum atomic E-state index is -0.328. The lowest BCUT2D eigenvalue weighted by molar-refractivity contribution is -0.111. The smallest absolute Gasteiger partial charge is 0.255 e. The molecule has 6 heteroatoms. The van der Waals surface area contributed by atoms with Crippen molar-refractivity contribution in [2.75, 3.05) is 25.1 Å². The van der Waals surface area contributed by atoms with E-state index in [4.69, 9.17) is 5.73 Å². The topological polar surface area (TPSA) is 84.1 Å². The van der Waals surface area contributed by atoms with Crippen LogP contribution in [0.3, 0.4) is 0 Å². The van der Waals surface area contributed by atoms with Crippen LogP contribution >= 0.6 is 0 Å². The van der Waals surface area contributed by atoms with Crippen molar-refractivity contribution in [3.63, 3.8) is 0 Å². The molecule has 0 saturated heterocycles. The number of carbonyl (C=O) groups excluding carboxylic acids is 1. The first-order chi connectivity index (χ1) is 16.9. The SMILES string of the molecule is C=C(C(=O)Nc1ccc(Cc2ccccc2)nc1)c1cc(-c2cncc(CN(C)C)c2)ccc1N. The molecule has 4 aromatic rings. The number of anilines is 2. The molecule has 0 spiro atoms. The van der Waals surface area contributed by atoms with E-state index < -0.39 is 0 Å². The minimum Gasteiger partial charge on any atom is -0.398 e. The van der Waals surface area contributed by atoms with Crippen molar-refractivity contribution >= 4 is 22.9 Å². The molecule has 35 heavy (non-hydrogen) atoms. The van der Waals surface area contributed by atoms with Crippen LogP contribution in [0.2, 0.25) is 0 Å². The summed E-state index contributed by atoms with van der Waals surface area (Å²) in [4.78, 5) is 23.9. The normalized spacial score (nSPS) is 10.8. The van der Waals surface area contributed by atoms with E-state index >= 15 is 0 Å². The Kier molecular flexibility index (Phi) is 7.33. The standard InChI is InChI=1S/C29H29N5O/c1-20(29(35)33-26-11-10-25(32-18-26)14-21-7-5-4-6-8-21)27-15-23(9-12-28(27)30)24-13-22(16-31-17-24)19-34(2)3/h4-13,15-18H,1,14,19,30H2,2-3H3,(H,33,35). The highest BCUT2D eigenvalue weighted by Crippen LogP contribution is 2.29. The van der Waals surface area contributed by atoms with Gasteiger partial charge in [0, 0.05) is 53.4 Å². The largest absolute Gasteiger partial charge is 0.398 e.